The molecule has 0 heterocycles. The van der Waals surface area contributed by atoms with Gasteiger partial charge in [0.15, 0.2) is 0 Å². The first-order valence-electron chi connectivity index (χ1n) is 6.80. The van der Waals surface area contributed by atoms with E-state index in [9.17, 15) is 14.9 Å². The lowest BCUT2D eigenvalue weighted by atomic mass is 10.2. The molecule has 21 heavy (non-hydrogen) atoms. The summed E-state index contributed by atoms with van der Waals surface area (Å²) >= 11 is 0. The highest BCUT2D eigenvalue weighted by molar-refractivity contribution is 5.73. The summed E-state index contributed by atoms with van der Waals surface area (Å²) in [5.74, 6) is -0.522. The molecule has 1 aromatic carbocycles. The van der Waals surface area contributed by atoms with Gasteiger partial charge in [-0.05, 0) is 26.0 Å². The van der Waals surface area contributed by atoms with Gasteiger partial charge in [-0.25, -0.2) is 0 Å². The molecule has 7 heteroatoms. The summed E-state index contributed by atoms with van der Waals surface area (Å²) in [4.78, 5) is 21.4. The maximum Gasteiger partial charge on any atom is 0.320 e. The Balaban J connectivity index is 2.61. The number of carbonyl (C=O) groups is 1. The Morgan fingerprint density at radius 1 is 1.52 bits per heavy atom. The van der Waals surface area contributed by atoms with Crippen molar-refractivity contribution in [2.45, 2.75) is 32.7 Å². The molecular weight excluding hydrogens is 276 g/mol. The second-order valence-electron chi connectivity index (χ2n) is 4.64. The van der Waals surface area contributed by atoms with Crippen LogP contribution >= 0.6 is 0 Å². The molecule has 1 atom stereocenters. The zero-order valence-electron chi connectivity index (χ0n) is 12.2. The lowest BCUT2D eigenvalue weighted by molar-refractivity contribution is -0.385. The monoisotopic (exact) mass is 296 g/mol. The van der Waals surface area contributed by atoms with Gasteiger partial charge < -0.3 is 15.2 Å². The fourth-order valence-corrected chi connectivity index (χ4v) is 1.88. The minimum atomic E-state index is -0.928. The van der Waals surface area contributed by atoms with Gasteiger partial charge in [-0.2, -0.15) is 0 Å². The number of carboxylic acids is 1. The molecule has 1 aromatic rings. The number of benzene rings is 1. The molecule has 0 amide bonds. The third-order valence-corrected chi connectivity index (χ3v) is 3.06. The molecule has 0 saturated carbocycles. The summed E-state index contributed by atoms with van der Waals surface area (Å²) in [5.41, 5.74) is 0.433. The molecule has 0 aromatic heterocycles. The van der Waals surface area contributed by atoms with Crippen LogP contribution in [0.3, 0.4) is 0 Å². The minimum Gasteiger partial charge on any atom is -0.493 e. The van der Waals surface area contributed by atoms with Gasteiger partial charge in [-0.3, -0.25) is 14.9 Å². The minimum absolute atomic E-state index is 0.00797. The average Bonchev–Trinajstić information content (AvgIpc) is 2.43. The first-order chi connectivity index (χ1) is 9.97. The van der Waals surface area contributed by atoms with Gasteiger partial charge in [0.05, 0.1) is 17.1 Å². The number of nitrogens with zero attached hydrogens (tertiary/aromatic N) is 1. The zero-order valence-corrected chi connectivity index (χ0v) is 12.2. The summed E-state index contributed by atoms with van der Waals surface area (Å²) in [6.45, 7) is 4.36. The van der Waals surface area contributed by atoms with E-state index in [1.807, 2.05) is 6.92 Å². The Morgan fingerprint density at radius 2 is 2.24 bits per heavy atom. The van der Waals surface area contributed by atoms with Crippen LogP contribution in [-0.2, 0) is 4.79 Å². The first-order valence-corrected chi connectivity index (χ1v) is 6.80. The largest absolute Gasteiger partial charge is 0.493 e. The van der Waals surface area contributed by atoms with Gasteiger partial charge in [0, 0.05) is 12.5 Å². The fourth-order valence-electron chi connectivity index (χ4n) is 1.88. The molecular formula is C14H20N2O5. The normalized spacial score (nSPS) is 11.9. The molecule has 1 rings (SSSR count). The summed E-state index contributed by atoms with van der Waals surface area (Å²) in [6, 6.07) is 3.91. The van der Waals surface area contributed by atoms with E-state index in [1.165, 1.54) is 6.07 Å². The van der Waals surface area contributed by atoms with Crippen LogP contribution in [0, 0.1) is 17.0 Å². The predicted molar refractivity (Wildman–Crippen MR) is 77.7 cm³/mol. The van der Waals surface area contributed by atoms with Crippen molar-refractivity contribution in [1.29, 1.82) is 0 Å². The number of aliphatic carboxylic acids is 1. The van der Waals surface area contributed by atoms with E-state index >= 15 is 0 Å². The van der Waals surface area contributed by atoms with Gasteiger partial charge in [0.2, 0.25) is 0 Å². The maximum atomic E-state index is 11.1. The first kappa shape index (κ1) is 16.9. The van der Waals surface area contributed by atoms with E-state index in [0.29, 0.717) is 17.9 Å². The van der Waals surface area contributed by atoms with Crippen LogP contribution in [0.25, 0.3) is 0 Å². The van der Waals surface area contributed by atoms with Gasteiger partial charge in [-0.15, -0.1) is 0 Å². The second kappa shape index (κ2) is 8.21. The van der Waals surface area contributed by atoms with Crippen molar-refractivity contribution in [3.8, 4) is 5.75 Å². The Bertz CT molecular complexity index is 504. The third kappa shape index (κ3) is 5.03. The van der Waals surface area contributed by atoms with Crippen LogP contribution in [-0.4, -0.2) is 35.2 Å². The number of nitro benzene ring substituents is 1. The number of hydrogen-bond donors (Lipinski definition) is 2. The predicted octanol–water partition coefficient (Wildman–Crippen LogP) is 2.12. The Kier molecular flexibility index (Phi) is 6.61. The molecule has 0 bridgehead atoms. The van der Waals surface area contributed by atoms with Crippen LogP contribution in [0.15, 0.2) is 18.2 Å². The molecule has 2 N–H and O–H groups in total. The summed E-state index contributed by atoms with van der Waals surface area (Å²) in [5, 5.41) is 22.8. The van der Waals surface area contributed by atoms with Crippen LogP contribution < -0.4 is 10.1 Å². The van der Waals surface area contributed by atoms with E-state index in [4.69, 9.17) is 9.84 Å². The van der Waals surface area contributed by atoms with Crippen LogP contribution in [0.2, 0.25) is 0 Å². The van der Waals surface area contributed by atoms with Crippen molar-refractivity contribution in [2.75, 3.05) is 13.2 Å². The number of rotatable bonds is 9. The Labute approximate surface area is 123 Å². The third-order valence-electron chi connectivity index (χ3n) is 3.06. The highest BCUT2D eigenvalue weighted by Crippen LogP contribution is 2.27. The van der Waals surface area contributed by atoms with Crippen molar-refractivity contribution in [3.63, 3.8) is 0 Å². The van der Waals surface area contributed by atoms with E-state index < -0.39 is 16.9 Å². The molecule has 0 spiro atoms. The standard InChI is InChI=1S/C14H20N2O5/c1-3-8-15-11(14(17)18)7-9-21-13-6-4-5-12(10(13)2)16(19)20/h4-6,11,15H,3,7-9H2,1-2H3,(H,17,18). The zero-order chi connectivity index (χ0) is 15.8. The van der Waals surface area contributed by atoms with Crippen molar-refractivity contribution in [2.24, 2.45) is 0 Å². The topological polar surface area (TPSA) is 102 Å². The lowest BCUT2D eigenvalue weighted by Gasteiger charge is -2.15. The Morgan fingerprint density at radius 3 is 2.81 bits per heavy atom. The molecule has 0 saturated heterocycles. The molecule has 7 nitrogen and oxygen atoms in total. The van der Waals surface area contributed by atoms with Crippen molar-refractivity contribution >= 4 is 11.7 Å². The van der Waals surface area contributed by atoms with Gasteiger partial charge in [0.1, 0.15) is 11.8 Å². The van der Waals surface area contributed by atoms with E-state index in [-0.39, 0.29) is 18.7 Å². The van der Waals surface area contributed by atoms with Crippen molar-refractivity contribution in [1.82, 2.24) is 5.32 Å². The summed E-state index contributed by atoms with van der Waals surface area (Å²) in [7, 11) is 0. The van der Waals surface area contributed by atoms with Crippen LogP contribution in [0.5, 0.6) is 5.75 Å². The lowest BCUT2D eigenvalue weighted by Crippen LogP contribution is -2.38. The summed E-state index contributed by atoms with van der Waals surface area (Å²) < 4.78 is 5.48. The SMILES string of the molecule is CCCNC(CCOc1cccc([N+](=O)[O-])c1C)C(=O)O. The average molecular weight is 296 g/mol. The molecule has 0 fully saturated rings. The molecule has 1 unspecified atom stereocenters. The molecule has 0 aliphatic rings. The maximum absolute atomic E-state index is 11.1. The molecule has 116 valence electrons. The fraction of sp³-hybridized carbons (Fsp3) is 0.500. The van der Waals surface area contributed by atoms with Crippen LogP contribution in [0.1, 0.15) is 25.3 Å². The molecule has 0 radical (unpaired) electrons. The number of hydrogen-bond acceptors (Lipinski definition) is 5. The molecule has 0 aliphatic carbocycles. The number of nitrogens with one attached hydrogen (secondary N) is 1. The van der Waals surface area contributed by atoms with E-state index in [0.717, 1.165) is 6.42 Å². The van der Waals surface area contributed by atoms with Crippen molar-refractivity contribution in [3.05, 3.63) is 33.9 Å². The highest BCUT2D eigenvalue weighted by Gasteiger charge is 2.18. The van der Waals surface area contributed by atoms with Gasteiger partial charge in [-0.1, -0.05) is 13.0 Å². The second-order valence-corrected chi connectivity index (χ2v) is 4.64. The van der Waals surface area contributed by atoms with Crippen molar-refractivity contribution < 1.29 is 19.6 Å². The summed E-state index contributed by atoms with van der Waals surface area (Å²) in [6.07, 6.45) is 1.13. The number of carboxylic acid groups (broad SMARTS) is 1. The van der Waals surface area contributed by atoms with E-state index in [1.54, 1.807) is 19.1 Å². The Hall–Kier alpha value is -2.15. The number of ether oxygens (including phenoxy) is 1. The number of nitro groups is 1. The smallest absolute Gasteiger partial charge is 0.320 e. The van der Waals surface area contributed by atoms with Crippen LogP contribution in [0.4, 0.5) is 5.69 Å². The highest BCUT2D eigenvalue weighted by atomic mass is 16.6. The molecule has 0 aliphatic heterocycles. The van der Waals surface area contributed by atoms with Gasteiger partial charge >= 0.3 is 5.97 Å². The van der Waals surface area contributed by atoms with Gasteiger partial charge in [0.25, 0.3) is 5.69 Å². The van der Waals surface area contributed by atoms with E-state index in [2.05, 4.69) is 5.32 Å². The quantitative estimate of drug-likeness (QED) is 0.534.